The fourth-order valence-corrected chi connectivity index (χ4v) is 2.75. The van der Waals surface area contributed by atoms with Crippen molar-refractivity contribution in [3.8, 4) is 0 Å². The Kier molecular flexibility index (Phi) is 4.71. The fraction of sp³-hybridized carbons (Fsp3) is 0.500. The van der Waals surface area contributed by atoms with Gasteiger partial charge in [-0.15, -0.1) is 0 Å². The molecule has 1 aliphatic heterocycles. The summed E-state index contributed by atoms with van der Waals surface area (Å²) in [6.45, 7) is 8.44. The first-order chi connectivity index (χ1) is 9.88. The largest absolute Gasteiger partial charge is 0.399 e. The number of nitrogen functional groups attached to an aromatic ring is 1. The van der Waals surface area contributed by atoms with Crippen molar-refractivity contribution in [3.05, 3.63) is 41.6 Å². The van der Waals surface area contributed by atoms with Crippen molar-refractivity contribution >= 4 is 11.5 Å². The molecule has 0 aromatic heterocycles. The molecular formula is C18H26N2O. The minimum absolute atomic E-state index is 0.0396. The van der Waals surface area contributed by atoms with Gasteiger partial charge < -0.3 is 10.6 Å². The average molecular weight is 286 g/mol. The number of nitrogens with two attached hydrogens (primary N) is 1. The highest BCUT2D eigenvalue weighted by atomic mass is 16.1. The first kappa shape index (κ1) is 15.6. The third kappa shape index (κ3) is 4.10. The summed E-state index contributed by atoms with van der Waals surface area (Å²) in [4.78, 5) is 14.8. The molecule has 1 heterocycles. The molecule has 0 spiro atoms. The Bertz CT molecular complexity index is 535. The number of hydrogen-bond acceptors (Lipinski definition) is 3. The Morgan fingerprint density at radius 2 is 1.86 bits per heavy atom. The third-order valence-electron chi connectivity index (χ3n) is 3.94. The van der Waals surface area contributed by atoms with Crippen molar-refractivity contribution in [2.75, 3.05) is 18.8 Å². The van der Waals surface area contributed by atoms with Crippen LogP contribution in [0, 0.1) is 0 Å². The Morgan fingerprint density at radius 1 is 1.19 bits per heavy atom. The quantitative estimate of drug-likeness (QED) is 0.523. The first-order valence-corrected chi connectivity index (χ1v) is 7.74. The number of benzene rings is 1. The van der Waals surface area contributed by atoms with Crippen LogP contribution in [0.4, 0.5) is 5.69 Å². The lowest BCUT2D eigenvalue weighted by molar-refractivity contribution is 0.104. The van der Waals surface area contributed by atoms with E-state index in [-0.39, 0.29) is 11.2 Å². The van der Waals surface area contributed by atoms with E-state index in [0.717, 1.165) is 24.2 Å². The summed E-state index contributed by atoms with van der Waals surface area (Å²) in [5.74, 6) is 0.0396. The molecule has 0 aliphatic carbocycles. The SMILES string of the molecule is CC(C)(C)c1ccc(N)cc1C(=O)C=CN1CCCCC1. The van der Waals surface area contributed by atoms with E-state index in [9.17, 15) is 4.79 Å². The van der Waals surface area contributed by atoms with Crippen molar-refractivity contribution < 1.29 is 4.79 Å². The summed E-state index contributed by atoms with van der Waals surface area (Å²) in [6.07, 6.45) is 7.35. The van der Waals surface area contributed by atoms with E-state index in [1.54, 1.807) is 12.1 Å². The number of piperidine rings is 1. The molecule has 1 fully saturated rings. The number of nitrogens with zero attached hydrogens (tertiary/aromatic N) is 1. The molecule has 3 heteroatoms. The molecule has 2 N–H and O–H groups in total. The molecule has 0 saturated carbocycles. The molecule has 0 radical (unpaired) electrons. The maximum absolute atomic E-state index is 12.5. The van der Waals surface area contributed by atoms with Gasteiger partial charge in [-0.3, -0.25) is 4.79 Å². The number of likely N-dealkylation sites (tertiary alicyclic amines) is 1. The van der Waals surface area contributed by atoms with Gasteiger partial charge in [-0.05, 0) is 42.4 Å². The lowest BCUT2D eigenvalue weighted by Gasteiger charge is -2.25. The Labute approximate surface area is 127 Å². The number of rotatable bonds is 3. The number of ketones is 1. The predicted octanol–water partition coefficient (Wildman–Crippen LogP) is 3.75. The summed E-state index contributed by atoms with van der Waals surface area (Å²) in [5, 5.41) is 0. The molecule has 0 bridgehead atoms. The van der Waals surface area contributed by atoms with Gasteiger partial charge in [0.05, 0.1) is 0 Å². The summed E-state index contributed by atoms with van der Waals surface area (Å²) >= 11 is 0. The predicted molar refractivity (Wildman–Crippen MR) is 88.4 cm³/mol. The van der Waals surface area contributed by atoms with Gasteiger partial charge in [0.25, 0.3) is 0 Å². The van der Waals surface area contributed by atoms with Gasteiger partial charge in [-0.1, -0.05) is 26.8 Å². The smallest absolute Gasteiger partial charge is 0.187 e. The highest BCUT2D eigenvalue weighted by Crippen LogP contribution is 2.28. The maximum Gasteiger partial charge on any atom is 0.187 e. The number of allylic oxidation sites excluding steroid dienone is 1. The minimum Gasteiger partial charge on any atom is -0.399 e. The molecule has 0 atom stereocenters. The summed E-state index contributed by atoms with van der Waals surface area (Å²) in [7, 11) is 0. The molecule has 114 valence electrons. The van der Waals surface area contributed by atoms with Crippen LogP contribution in [0.5, 0.6) is 0 Å². The first-order valence-electron chi connectivity index (χ1n) is 7.74. The second kappa shape index (κ2) is 6.33. The van der Waals surface area contributed by atoms with Crippen LogP contribution in [0.3, 0.4) is 0 Å². The molecule has 1 saturated heterocycles. The van der Waals surface area contributed by atoms with Crippen molar-refractivity contribution in [1.82, 2.24) is 4.90 Å². The lowest BCUT2D eigenvalue weighted by atomic mass is 9.82. The van der Waals surface area contributed by atoms with Gasteiger partial charge in [0.2, 0.25) is 0 Å². The molecular weight excluding hydrogens is 260 g/mol. The number of carbonyl (C=O) groups excluding carboxylic acids is 1. The molecule has 2 rings (SSSR count). The van der Waals surface area contributed by atoms with E-state index in [1.165, 1.54) is 19.3 Å². The Morgan fingerprint density at radius 3 is 2.48 bits per heavy atom. The normalized spacial score (nSPS) is 16.4. The van der Waals surface area contributed by atoms with Crippen LogP contribution in [-0.4, -0.2) is 23.8 Å². The number of carbonyl (C=O) groups is 1. The zero-order chi connectivity index (χ0) is 15.5. The van der Waals surface area contributed by atoms with Crippen LogP contribution in [0.15, 0.2) is 30.5 Å². The van der Waals surface area contributed by atoms with Gasteiger partial charge >= 0.3 is 0 Å². The lowest BCUT2D eigenvalue weighted by Crippen LogP contribution is -2.24. The standard InChI is InChI=1S/C18H26N2O/c1-18(2,3)16-8-7-14(19)13-15(16)17(21)9-12-20-10-5-4-6-11-20/h7-9,12-13H,4-6,10-11,19H2,1-3H3. The van der Waals surface area contributed by atoms with E-state index in [0.29, 0.717) is 5.69 Å². The average Bonchev–Trinajstić information content (AvgIpc) is 2.44. The highest BCUT2D eigenvalue weighted by Gasteiger charge is 2.21. The van der Waals surface area contributed by atoms with E-state index in [1.807, 2.05) is 18.3 Å². The number of anilines is 1. The van der Waals surface area contributed by atoms with Crippen molar-refractivity contribution in [1.29, 1.82) is 0 Å². The minimum atomic E-state index is -0.0718. The van der Waals surface area contributed by atoms with Crippen LogP contribution < -0.4 is 5.73 Å². The zero-order valence-electron chi connectivity index (χ0n) is 13.4. The number of hydrogen-bond donors (Lipinski definition) is 1. The fourth-order valence-electron chi connectivity index (χ4n) is 2.75. The molecule has 3 nitrogen and oxygen atoms in total. The topological polar surface area (TPSA) is 46.3 Å². The molecule has 1 aromatic carbocycles. The maximum atomic E-state index is 12.5. The van der Waals surface area contributed by atoms with Gasteiger partial charge in [-0.2, -0.15) is 0 Å². The van der Waals surface area contributed by atoms with E-state index < -0.39 is 0 Å². The molecule has 0 amide bonds. The molecule has 0 unspecified atom stereocenters. The van der Waals surface area contributed by atoms with Gasteiger partial charge in [-0.25, -0.2) is 0 Å². The van der Waals surface area contributed by atoms with E-state index in [2.05, 4.69) is 25.7 Å². The molecule has 1 aromatic rings. The third-order valence-corrected chi connectivity index (χ3v) is 3.94. The van der Waals surface area contributed by atoms with Crippen molar-refractivity contribution in [2.24, 2.45) is 0 Å². The zero-order valence-corrected chi connectivity index (χ0v) is 13.4. The van der Waals surface area contributed by atoms with E-state index in [4.69, 9.17) is 5.73 Å². The second-order valence-corrected chi connectivity index (χ2v) is 6.83. The van der Waals surface area contributed by atoms with Crippen LogP contribution in [0.2, 0.25) is 0 Å². The Balaban J connectivity index is 2.22. The summed E-state index contributed by atoms with van der Waals surface area (Å²) in [6, 6.07) is 5.63. The molecule has 1 aliphatic rings. The van der Waals surface area contributed by atoms with Crippen LogP contribution in [0.25, 0.3) is 0 Å². The summed E-state index contributed by atoms with van der Waals surface area (Å²) < 4.78 is 0. The van der Waals surface area contributed by atoms with Crippen molar-refractivity contribution in [2.45, 2.75) is 45.4 Å². The van der Waals surface area contributed by atoms with E-state index >= 15 is 0 Å². The van der Waals surface area contributed by atoms with Gasteiger partial charge in [0, 0.05) is 36.6 Å². The van der Waals surface area contributed by atoms with Crippen LogP contribution >= 0.6 is 0 Å². The van der Waals surface area contributed by atoms with Gasteiger partial charge in [0.1, 0.15) is 0 Å². The second-order valence-electron chi connectivity index (χ2n) is 6.83. The Hall–Kier alpha value is -1.77. The monoisotopic (exact) mass is 286 g/mol. The van der Waals surface area contributed by atoms with Crippen LogP contribution in [0.1, 0.15) is 56.0 Å². The highest BCUT2D eigenvalue weighted by molar-refractivity contribution is 6.06. The van der Waals surface area contributed by atoms with Gasteiger partial charge in [0.15, 0.2) is 5.78 Å². The van der Waals surface area contributed by atoms with Crippen LogP contribution in [-0.2, 0) is 5.41 Å². The van der Waals surface area contributed by atoms with Crippen molar-refractivity contribution in [3.63, 3.8) is 0 Å². The molecule has 21 heavy (non-hydrogen) atoms. The summed E-state index contributed by atoms with van der Waals surface area (Å²) in [5.41, 5.74) is 8.19.